The fraction of sp³-hybridized carbons (Fsp3) is 0.250. The van der Waals surface area contributed by atoms with E-state index in [0.29, 0.717) is 11.5 Å². The first-order chi connectivity index (χ1) is 12.9. The SMILES string of the molecule is CCn1cc(-c2csc(-n3nnn(CC(CN)=C(F)F)c3=O)c2)ccc1=O. The minimum atomic E-state index is -1.93. The summed E-state index contributed by atoms with van der Waals surface area (Å²) in [4.78, 5) is 24.1. The van der Waals surface area contributed by atoms with Gasteiger partial charge in [0, 0.05) is 36.3 Å². The molecule has 0 aliphatic carbocycles. The summed E-state index contributed by atoms with van der Waals surface area (Å²) in [5.74, 6) is 0. The highest BCUT2D eigenvalue weighted by Gasteiger charge is 2.15. The quantitative estimate of drug-likeness (QED) is 0.682. The van der Waals surface area contributed by atoms with Gasteiger partial charge in [-0.25, -0.2) is 4.79 Å². The number of hydrogen-bond acceptors (Lipinski definition) is 6. The molecular weight excluding hydrogens is 378 g/mol. The summed E-state index contributed by atoms with van der Waals surface area (Å²) in [5, 5.41) is 9.68. The Morgan fingerprint density at radius 3 is 2.67 bits per heavy atom. The monoisotopic (exact) mass is 394 g/mol. The normalized spacial score (nSPS) is 11.0. The number of tetrazole rings is 1. The lowest BCUT2D eigenvalue weighted by Gasteiger charge is -2.03. The standard InChI is InChI=1S/C16H16F2N6O2S/c1-2-22-7-10(3-4-13(22)25)11-5-14(27-9-11)24-16(26)23(20-21-24)8-12(6-19)15(17)18/h3-5,7,9H,2,6,8,19H2,1H3. The van der Waals surface area contributed by atoms with Crippen molar-refractivity contribution in [3.05, 3.63) is 62.3 Å². The van der Waals surface area contributed by atoms with Crippen LogP contribution in [-0.2, 0) is 13.1 Å². The van der Waals surface area contributed by atoms with E-state index in [1.807, 2.05) is 12.3 Å². The third-order valence-electron chi connectivity index (χ3n) is 3.95. The number of nitrogens with zero attached hydrogens (tertiary/aromatic N) is 5. The number of pyridine rings is 1. The Hall–Kier alpha value is -2.92. The first-order valence-corrected chi connectivity index (χ1v) is 8.88. The maximum Gasteiger partial charge on any atom is 0.369 e. The van der Waals surface area contributed by atoms with Gasteiger partial charge in [0.05, 0.1) is 6.54 Å². The van der Waals surface area contributed by atoms with Gasteiger partial charge in [-0.2, -0.15) is 18.1 Å². The fourth-order valence-electron chi connectivity index (χ4n) is 2.43. The highest BCUT2D eigenvalue weighted by Crippen LogP contribution is 2.26. The van der Waals surface area contributed by atoms with Crippen molar-refractivity contribution >= 4 is 11.3 Å². The van der Waals surface area contributed by atoms with Crippen LogP contribution in [0.15, 0.2) is 51.0 Å². The first-order valence-electron chi connectivity index (χ1n) is 8.00. The molecule has 3 aromatic heterocycles. The summed E-state index contributed by atoms with van der Waals surface area (Å²) in [7, 11) is 0. The Kier molecular flexibility index (Phi) is 5.42. The van der Waals surface area contributed by atoms with Gasteiger partial charge in [-0.15, -0.1) is 11.3 Å². The smallest absolute Gasteiger partial charge is 0.327 e. The number of aryl methyl sites for hydroxylation is 1. The van der Waals surface area contributed by atoms with Crippen LogP contribution in [0.5, 0.6) is 0 Å². The molecule has 0 unspecified atom stereocenters. The molecule has 3 heterocycles. The van der Waals surface area contributed by atoms with Gasteiger partial charge >= 0.3 is 5.69 Å². The second kappa shape index (κ2) is 7.76. The van der Waals surface area contributed by atoms with Gasteiger partial charge in [0.15, 0.2) is 0 Å². The second-order valence-corrected chi connectivity index (χ2v) is 6.50. The first kappa shape index (κ1) is 18.9. The van der Waals surface area contributed by atoms with E-state index in [1.54, 1.807) is 22.9 Å². The van der Waals surface area contributed by atoms with Gasteiger partial charge in [0.25, 0.3) is 11.6 Å². The van der Waals surface area contributed by atoms with Crippen LogP contribution in [-0.4, -0.2) is 30.9 Å². The number of thiophene rings is 1. The summed E-state index contributed by atoms with van der Waals surface area (Å²) in [6.07, 6.45) is -0.195. The number of halogens is 2. The molecule has 8 nitrogen and oxygen atoms in total. The topological polar surface area (TPSA) is 101 Å². The maximum absolute atomic E-state index is 12.7. The average molecular weight is 394 g/mol. The zero-order valence-corrected chi connectivity index (χ0v) is 15.1. The summed E-state index contributed by atoms with van der Waals surface area (Å²) in [6.45, 7) is 1.61. The van der Waals surface area contributed by atoms with Crippen molar-refractivity contribution in [2.45, 2.75) is 20.0 Å². The lowest BCUT2D eigenvalue weighted by molar-refractivity contribution is 0.400. The molecule has 0 bridgehead atoms. The lowest BCUT2D eigenvalue weighted by atomic mass is 10.1. The van der Waals surface area contributed by atoms with Crippen molar-refractivity contribution in [3.8, 4) is 16.1 Å². The Labute approximate surface area is 155 Å². The van der Waals surface area contributed by atoms with Crippen LogP contribution in [0, 0.1) is 0 Å². The summed E-state index contributed by atoms with van der Waals surface area (Å²) in [6, 6.07) is 4.90. The van der Waals surface area contributed by atoms with E-state index in [1.165, 1.54) is 17.4 Å². The number of nitrogens with two attached hydrogens (primary N) is 1. The van der Waals surface area contributed by atoms with Crippen molar-refractivity contribution in [2.24, 2.45) is 5.73 Å². The zero-order chi connectivity index (χ0) is 19.6. The molecule has 0 aliphatic heterocycles. The molecule has 2 N–H and O–H groups in total. The van der Waals surface area contributed by atoms with Crippen molar-refractivity contribution in [1.29, 1.82) is 0 Å². The molecule has 0 aliphatic rings. The molecule has 0 aromatic carbocycles. The third kappa shape index (κ3) is 3.78. The third-order valence-corrected chi connectivity index (χ3v) is 4.85. The molecule has 0 spiro atoms. The van der Waals surface area contributed by atoms with Gasteiger partial charge < -0.3 is 10.3 Å². The van der Waals surface area contributed by atoms with Crippen molar-refractivity contribution in [1.82, 2.24) is 24.4 Å². The van der Waals surface area contributed by atoms with Gasteiger partial charge in [-0.3, -0.25) is 4.79 Å². The van der Waals surface area contributed by atoms with Crippen LogP contribution in [0.3, 0.4) is 0 Å². The molecule has 27 heavy (non-hydrogen) atoms. The Balaban J connectivity index is 1.93. The summed E-state index contributed by atoms with van der Waals surface area (Å²) in [5.41, 5.74) is 5.76. The minimum absolute atomic E-state index is 0.0975. The molecule has 0 atom stereocenters. The zero-order valence-electron chi connectivity index (χ0n) is 14.3. The molecule has 0 radical (unpaired) electrons. The van der Waals surface area contributed by atoms with Gasteiger partial charge in [-0.1, -0.05) is 0 Å². The molecule has 3 aromatic rings. The van der Waals surface area contributed by atoms with Gasteiger partial charge in [-0.05, 0) is 40.6 Å². The highest BCUT2D eigenvalue weighted by atomic mass is 32.1. The predicted molar refractivity (Wildman–Crippen MR) is 97.2 cm³/mol. The van der Waals surface area contributed by atoms with Crippen LogP contribution in [0.25, 0.3) is 16.1 Å². The maximum atomic E-state index is 12.7. The van der Waals surface area contributed by atoms with Gasteiger partial charge in [0.2, 0.25) is 0 Å². The van der Waals surface area contributed by atoms with E-state index < -0.39 is 18.3 Å². The number of aromatic nitrogens is 5. The minimum Gasteiger partial charge on any atom is -0.327 e. The molecule has 0 amide bonds. The van der Waals surface area contributed by atoms with E-state index >= 15 is 0 Å². The van der Waals surface area contributed by atoms with Crippen LogP contribution in [0.1, 0.15) is 6.92 Å². The van der Waals surface area contributed by atoms with E-state index in [0.717, 1.165) is 20.5 Å². The average Bonchev–Trinajstić information content (AvgIpc) is 3.27. The Morgan fingerprint density at radius 1 is 1.22 bits per heavy atom. The molecule has 11 heteroatoms. The Bertz CT molecular complexity index is 1110. The van der Waals surface area contributed by atoms with Crippen molar-refractivity contribution in [3.63, 3.8) is 0 Å². The summed E-state index contributed by atoms with van der Waals surface area (Å²) >= 11 is 1.25. The van der Waals surface area contributed by atoms with Crippen molar-refractivity contribution < 1.29 is 8.78 Å². The van der Waals surface area contributed by atoms with E-state index in [-0.39, 0.29) is 17.7 Å². The molecular formula is C16H16F2N6O2S. The second-order valence-electron chi connectivity index (χ2n) is 5.61. The van der Waals surface area contributed by atoms with Crippen LogP contribution < -0.4 is 17.0 Å². The fourth-order valence-corrected chi connectivity index (χ4v) is 3.29. The number of rotatable bonds is 6. The highest BCUT2D eigenvalue weighted by molar-refractivity contribution is 7.13. The molecule has 0 fully saturated rings. The van der Waals surface area contributed by atoms with E-state index in [9.17, 15) is 18.4 Å². The summed E-state index contributed by atoms with van der Waals surface area (Å²) < 4.78 is 28.9. The molecule has 0 saturated carbocycles. The van der Waals surface area contributed by atoms with E-state index in [2.05, 4.69) is 10.4 Å². The van der Waals surface area contributed by atoms with Gasteiger partial charge in [0.1, 0.15) is 5.00 Å². The largest absolute Gasteiger partial charge is 0.369 e. The van der Waals surface area contributed by atoms with Crippen LogP contribution in [0.4, 0.5) is 8.78 Å². The van der Waals surface area contributed by atoms with Crippen LogP contribution in [0.2, 0.25) is 0 Å². The van der Waals surface area contributed by atoms with E-state index in [4.69, 9.17) is 5.73 Å². The van der Waals surface area contributed by atoms with Crippen LogP contribution >= 0.6 is 11.3 Å². The lowest BCUT2D eigenvalue weighted by Crippen LogP contribution is -2.26. The molecule has 142 valence electrons. The molecule has 3 rings (SSSR count). The molecule has 0 saturated heterocycles. The predicted octanol–water partition coefficient (Wildman–Crippen LogP) is 1.45. The Morgan fingerprint density at radius 2 is 2.00 bits per heavy atom. The van der Waals surface area contributed by atoms with Crippen molar-refractivity contribution in [2.75, 3.05) is 6.54 Å². The number of hydrogen-bond donors (Lipinski definition) is 1.